The lowest BCUT2D eigenvalue weighted by atomic mass is 10.2. The minimum Gasteiger partial charge on any atom is -0.506 e. The summed E-state index contributed by atoms with van der Waals surface area (Å²) in [6.07, 6.45) is -3.90. The van der Waals surface area contributed by atoms with Crippen LogP contribution in [0, 0.1) is 0 Å². The molecule has 1 heterocycles. The zero-order valence-electron chi connectivity index (χ0n) is 6.59. The molecule has 0 saturated heterocycles. The highest BCUT2D eigenvalue weighted by atomic mass is 19.4. The van der Waals surface area contributed by atoms with Crippen LogP contribution in [0.1, 0.15) is 5.56 Å². The topological polar surface area (TPSA) is 42.4 Å². The molecule has 0 aliphatic rings. The molecule has 0 spiro atoms. The minimum atomic E-state index is -4.60. The van der Waals surface area contributed by atoms with Gasteiger partial charge in [0.15, 0.2) is 0 Å². The molecule has 1 aromatic heterocycles. The fourth-order valence-corrected chi connectivity index (χ4v) is 0.768. The Hall–Kier alpha value is -1.46. The number of nitrogens with zero attached hydrogens (tertiary/aromatic N) is 1. The van der Waals surface area contributed by atoms with Crippen LogP contribution >= 0.6 is 0 Å². The van der Waals surface area contributed by atoms with Gasteiger partial charge >= 0.3 is 6.18 Å². The Morgan fingerprint density at radius 3 is 2.54 bits per heavy atom. The summed E-state index contributed by atoms with van der Waals surface area (Å²) in [5.41, 5.74) is -1.15. The predicted octanol–water partition coefficient (Wildman–Crippen LogP) is 1.81. The number of aromatic nitrogens is 1. The van der Waals surface area contributed by atoms with Crippen molar-refractivity contribution in [2.45, 2.75) is 6.18 Å². The van der Waals surface area contributed by atoms with Crippen molar-refractivity contribution in [1.82, 2.24) is 4.98 Å². The van der Waals surface area contributed by atoms with E-state index < -0.39 is 17.5 Å². The molecule has 0 saturated carbocycles. The molecule has 3 nitrogen and oxygen atoms in total. The van der Waals surface area contributed by atoms with Crippen molar-refractivity contribution < 1.29 is 23.0 Å². The maximum absolute atomic E-state index is 12.1. The standard InChI is InChI=1S/C7H6F3NO2/c1-13-6-2-4(7(8,9)10)5(12)3-11-6/h2-3,12H,1H3. The first-order chi connectivity index (χ1) is 5.95. The molecule has 6 heteroatoms. The SMILES string of the molecule is COc1cc(C(F)(F)F)c(O)cn1. The van der Waals surface area contributed by atoms with Crippen molar-refractivity contribution in [3.8, 4) is 11.6 Å². The number of halogens is 3. The maximum Gasteiger partial charge on any atom is 0.420 e. The Labute approximate surface area is 71.8 Å². The Morgan fingerprint density at radius 2 is 2.08 bits per heavy atom. The highest BCUT2D eigenvalue weighted by Gasteiger charge is 2.34. The molecule has 0 bridgehead atoms. The van der Waals surface area contributed by atoms with E-state index in [1.165, 1.54) is 7.11 Å². The number of methoxy groups -OCH3 is 1. The first-order valence-electron chi connectivity index (χ1n) is 3.25. The molecule has 0 aliphatic heterocycles. The normalized spacial score (nSPS) is 11.4. The minimum absolute atomic E-state index is 0.190. The largest absolute Gasteiger partial charge is 0.506 e. The summed E-state index contributed by atoms with van der Waals surface area (Å²) >= 11 is 0. The summed E-state index contributed by atoms with van der Waals surface area (Å²) in [4.78, 5) is 3.40. The van der Waals surface area contributed by atoms with Crippen LogP contribution in [0.25, 0.3) is 0 Å². The molecular weight excluding hydrogens is 187 g/mol. The van der Waals surface area contributed by atoms with Crippen molar-refractivity contribution in [3.05, 3.63) is 17.8 Å². The van der Waals surface area contributed by atoms with Gasteiger partial charge in [0.2, 0.25) is 5.88 Å². The Kier molecular flexibility index (Phi) is 2.31. The Bertz CT molecular complexity index is 311. The van der Waals surface area contributed by atoms with Gasteiger partial charge < -0.3 is 9.84 Å². The number of pyridine rings is 1. The maximum atomic E-state index is 12.1. The van der Waals surface area contributed by atoms with E-state index in [9.17, 15) is 13.2 Å². The molecule has 1 aromatic rings. The van der Waals surface area contributed by atoms with E-state index >= 15 is 0 Å². The van der Waals surface area contributed by atoms with Gasteiger partial charge in [-0.1, -0.05) is 0 Å². The van der Waals surface area contributed by atoms with Gasteiger partial charge in [-0.3, -0.25) is 0 Å². The molecular formula is C7H6F3NO2. The van der Waals surface area contributed by atoms with Crippen LogP contribution in [-0.4, -0.2) is 17.2 Å². The number of aromatic hydroxyl groups is 1. The van der Waals surface area contributed by atoms with E-state index in [1.807, 2.05) is 0 Å². The zero-order valence-corrected chi connectivity index (χ0v) is 6.59. The molecule has 0 radical (unpaired) electrons. The number of ether oxygens (including phenoxy) is 1. The molecule has 13 heavy (non-hydrogen) atoms. The van der Waals surface area contributed by atoms with Gasteiger partial charge in [-0.2, -0.15) is 13.2 Å². The molecule has 0 fully saturated rings. The molecule has 0 aliphatic carbocycles. The zero-order chi connectivity index (χ0) is 10.1. The highest BCUT2D eigenvalue weighted by Crippen LogP contribution is 2.36. The van der Waals surface area contributed by atoms with Gasteiger partial charge in [-0.05, 0) is 0 Å². The third kappa shape index (κ3) is 2.01. The van der Waals surface area contributed by atoms with Gasteiger partial charge in [-0.15, -0.1) is 0 Å². The monoisotopic (exact) mass is 193 g/mol. The van der Waals surface area contributed by atoms with Crippen molar-refractivity contribution in [2.75, 3.05) is 7.11 Å². The lowest BCUT2D eigenvalue weighted by Gasteiger charge is -2.09. The number of rotatable bonds is 1. The van der Waals surface area contributed by atoms with Crippen LogP contribution in [0.2, 0.25) is 0 Å². The van der Waals surface area contributed by atoms with Gasteiger partial charge in [0.25, 0.3) is 0 Å². The summed E-state index contributed by atoms with van der Waals surface area (Å²) in [6.45, 7) is 0. The third-order valence-corrected chi connectivity index (χ3v) is 1.37. The number of hydrogen-bond donors (Lipinski definition) is 1. The Morgan fingerprint density at radius 1 is 1.46 bits per heavy atom. The van der Waals surface area contributed by atoms with Crippen molar-refractivity contribution in [3.63, 3.8) is 0 Å². The average Bonchev–Trinajstić information content (AvgIpc) is 2.03. The average molecular weight is 193 g/mol. The van der Waals surface area contributed by atoms with Crippen LogP contribution in [0.15, 0.2) is 12.3 Å². The summed E-state index contributed by atoms with van der Waals surface area (Å²) in [5.74, 6) is -1.10. The van der Waals surface area contributed by atoms with E-state index in [-0.39, 0.29) is 5.88 Å². The van der Waals surface area contributed by atoms with Gasteiger partial charge in [0, 0.05) is 6.07 Å². The van der Waals surface area contributed by atoms with Crippen LogP contribution < -0.4 is 4.74 Å². The van der Waals surface area contributed by atoms with Crippen LogP contribution in [0.5, 0.6) is 11.6 Å². The lowest BCUT2D eigenvalue weighted by molar-refractivity contribution is -0.138. The van der Waals surface area contributed by atoms with E-state index in [1.54, 1.807) is 0 Å². The first-order valence-corrected chi connectivity index (χ1v) is 3.25. The van der Waals surface area contributed by atoms with Gasteiger partial charge in [0.05, 0.1) is 13.3 Å². The second kappa shape index (κ2) is 3.12. The molecule has 1 N–H and O–H groups in total. The summed E-state index contributed by atoms with van der Waals surface area (Å²) in [6, 6.07) is 0.634. The summed E-state index contributed by atoms with van der Waals surface area (Å²) < 4.78 is 40.8. The Balaban J connectivity index is 3.19. The van der Waals surface area contributed by atoms with Crippen LogP contribution in [0.3, 0.4) is 0 Å². The predicted molar refractivity (Wildman–Crippen MR) is 37.5 cm³/mol. The van der Waals surface area contributed by atoms with Crippen molar-refractivity contribution in [1.29, 1.82) is 0 Å². The molecule has 0 aromatic carbocycles. The molecule has 0 amide bonds. The van der Waals surface area contributed by atoms with E-state index in [4.69, 9.17) is 5.11 Å². The quantitative estimate of drug-likeness (QED) is 0.739. The fourth-order valence-electron chi connectivity index (χ4n) is 0.768. The highest BCUT2D eigenvalue weighted by molar-refractivity contribution is 5.35. The molecule has 0 unspecified atom stereocenters. The van der Waals surface area contributed by atoms with E-state index in [2.05, 4.69) is 9.72 Å². The van der Waals surface area contributed by atoms with E-state index in [0.29, 0.717) is 12.3 Å². The lowest BCUT2D eigenvalue weighted by Crippen LogP contribution is -2.06. The summed E-state index contributed by atoms with van der Waals surface area (Å²) in [5, 5.41) is 8.83. The fraction of sp³-hybridized carbons (Fsp3) is 0.286. The molecule has 72 valence electrons. The number of alkyl halides is 3. The van der Waals surface area contributed by atoms with Crippen molar-refractivity contribution >= 4 is 0 Å². The van der Waals surface area contributed by atoms with Gasteiger partial charge in [0.1, 0.15) is 11.3 Å². The van der Waals surface area contributed by atoms with E-state index in [0.717, 1.165) is 0 Å². The van der Waals surface area contributed by atoms with Crippen LogP contribution in [0.4, 0.5) is 13.2 Å². The second-order valence-corrected chi connectivity index (χ2v) is 2.24. The van der Waals surface area contributed by atoms with Crippen molar-refractivity contribution in [2.24, 2.45) is 0 Å². The van der Waals surface area contributed by atoms with Gasteiger partial charge in [-0.25, -0.2) is 4.98 Å². The first kappa shape index (κ1) is 9.63. The third-order valence-electron chi connectivity index (χ3n) is 1.37. The number of hydrogen-bond acceptors (Lipinski definition) is 3. The second-order valence-electron chi connectivity index (χ2n) is 2.24. The smallest absolute Gasteiger partial charge is 0.420 e. The molecule has 1 rings (SSSR count). The van der Waals surface area contributed by atoms with Crippen LogP contribution in [-0.2, 0) is 6.18 Å². The molecule has 0 atom stereocenters. The summed E-state index contributed by atoms with van der Waals surface area (Å²) in [7, 11) is 1.19.